The second kappa shape index (κ2) is 13.7. The van der Waals surface area contributed by atoms with Gasteiger partial charge in [0.2, 0.25) is 5.91 Å². The Bertz CT molecular complexity index is 1060. The molecule has 188 valence electrons. The maximum atomic E-state index is 13.4. The largest absolute Gasteiger partial charge is 0.496 e. The van der Waals surface area contributed by atoms with E-state index in [4.69, 9.17) is 4.74 Å². The topological polar surface area (TPSA) is 61.9 Å². The molecule has 0 fully saturated rings. The molecule has 8 heteroatoms. The molecule has 3 rings (SSSR count). The number of unbranched alkanes of at least 4 members (excludes halogenated alkanes) is 1. The Labute approximate surface area is 221 Å². The zero-order chi connectivity index (χ0) is 25.2. The maximum Gasteiger partial charge on any atom is 0.265 e. The highest BCUT2D eigenvalue weighted by atomic mass is 79.9. The van der Waals surface area contributed by atoms with Gasteiger partial charge in [-0.2, -0.15) is 0 Å². The minimum absolute atomic E-state index is 0.00657. The van der Waals surface area contributed by atoms with E-state index in [-0.39, 0.29) is 18.4 Å². The van der Waals surface area contributed by atoms with Gasteiger partial charge in [0.25, 0.3) is 5.91 Å². The minimum Gasteiger partial charge on any atom is -0.496 e. The molecule has 0 saturated carbocycles. The fourth-order valence-corrected chi connectivity index (χ4v) is 5.50. The summed E-state index contributed by atoms with van der Waals surface area (Å²) in [7, 11) is 1.62. The van der Waals surface area contributed by atoms with Gasteiger partial charge < -0.3 is 15.0 Å². The number of nitrogens with zero attached hydrogens (tertiary/aromatic N) is 2. The third-order valence-corrected chi connectivity index (χ3v) is 7.55. The second-order valence-corrected chi connectivity index (χ2v) is 10.3. The van der Waals surface area contributed by atoms with E-state index in [1.165, 1.54) is 24.6 Å². The Morgan fingerprint density at radius 3 is 2.66 bits per heavy atom. The summed E-state index contributed by atoms with van der Waals surface area (Å²) in [6.07, 6.45) is 5.12. The summed E-state index contributed by atoms with van der Waals surface area (Å²) >= 11 is 4.93. The van der Waals surface area contributed by atoms with Crippen LogP contribution in [-0.2, 0) is 9.59 Å². The van der Waals surface area contributed by atoms with Crippen molar-refractivity contribution in [1.29, 1.82) is 0 Å². The van der Waals surface area contributed by atoms with Crippen LogP contribution in [0.15, 0.2) is 56.7 Å². The maximum absolute atomic E-state index is 13.4. The van der Waals surface area contributed by atoms with Gasteiger partial charge in [-0.05, 0) is 84.3 Å². The molecule has 0 radical (unpaired) electrons. The monoisotopic (exact) mass is 559 g/mol. The number of hydrogen-bond acceptors (Lipinski definition) is 5. The first-order valence-corrected chi connectivity index (χ1v) is 13.7. The van der Waals surface area contributed by atoms with Crippen molar-refractivity contribution in [3.8, 4) is 5.75 Å². The standard InChI is InChI=1S/C27H34BrN3O3S/c1-4-6-15-30(5-2)16-9-14-29-26(32)19-31-22-10-7-8-11-24(22)35-25(27(31)33)18-20-12-13-23(34-3)21(28)17-20/h7-8,10-13,17-18H,4-6,9,14-16,19H2,1-3H3,(H,29,32)/b25-18+. The Hall–Kier alpha value is -2.29. The highest BCUT2D eigenvalue weighted by Gasteiger charge is 2.30. The summed E-state index contributed by atoms with van der Waals surface area (Å²) in [6, 6.07) is 13.4. The first kappa shape index (κ1) is 27.3. The predicted octanol–water partition coefficient (Wildman–Crippen LogP) is 5.57. The highest BCUT2D eigenvalue weighted by molar-refractivity contribution is 9.10. The molecule has 0 bridgehead atoms. The molecule has 2 aromatic carbocycles. The van der Waals surface area contributed by atoms with E-state index in [1.54, 1.807) is 12.0 Å². The average Bonchev–Trinajstić information content (AvgIpc) is 2.86. The Balaban J connectivity index is 1.67. The van der Waals surface area contributed by atoms with Crippen LogP contribution >= 0.6 is 27.7 Å². The van der Waals surface area contributed by atoms with Gasteiger partial charge in [0.1, 0.15) is 12.3 Å². The van der Waals surface area contributed by atoms with Crippen LogP contribution in [0, 0.1) is 0 Å². The molecule has 0 aromatic heterocycles. The number of carbonyl (C=O) groups excluding carboxylic acids is 2. The van der Waals surface area contributed by atoms with E-state index in [1.807, 2.05) is 48.5 Å². The van der Waals surface area contributed by atoms with E-state index in [0.717, 1.165) is 52.4 Å². The number of amides is 2. The van der Waals surface area contributed by atoms with Gasteiger partial charge >= 0.3 is 0 Å². The zero-order valence-corrected chi connectivity index (χ0v) is 23.1. The van der Waals surface area contributed by atoms with Crippen molar-refractivity contribution >= 4 is 51.3 Å². The van der Waals surface area contributed by atoms with E-state index < -0.39 is 0 Å². The van der Waals surface area contributed by atoms with Crippen LogP contribution in [0.4, 0.5) is 5.69 Å². The number of ether oxygens (including phenoxy) is 1. The summed E-state index contributed by atoms with van der Waals surface area (Å²) < 4.78 is 6.12. The van der Waals surface area contributed by atoms with E-state index in [2.05, 4.69) is 40.0 Å². The molecule has 35 heavy (non-hydrogen) atoms. The van der Waals surface area contributed by atoms with Crippen molar-refractivity contribution in [2.75, 3.05) is 44.7 Å². The van der Waals surface area contributed by atoms with Crippen molar-refractivity contribution in [3.63, 3.8) is 0 Å². The highest BCUT2D eigenvalue weighted by Crippen LogP contribution is 2.42. The summed E-state index contributed by atoms with van der Waals surface area (Å²) in [5.41, 5.74) is 1.64. The number of hydrogen-bond donors (Lipinski definition) is 1. The van der Waals surface area contributed by atoms with Crippen LogP contribution in [0.25, 0.3) is 6.08 Å². The summed E-state index contributed by atoms with van der Waals surface area (Å²) in [4.78, 5) is 31.7. The number of para-hydroxylation sites is 1. The molecule has 0 saturated heterocycles. The number of methoxy groups -OCH3 is 1. The molecule has 0 atom stereocenters. The third-order valence-electron chi connectivity index (χ3n) is 5.86. The second-order valence-electron chi connectivity index (χ2n) is 8.35. The lowest BCUT2D eigenvalue weighted by molar-refractivity contribution is -0.122. The lowest BCUT2D eigenvalue weighted by Crippen LogP contribution is -2.43. The van der Waals surface area contributed by atoms with Crippen LogP contribution in [0.1, 0.15) is 38.7 Å². The number of carbonyl (C=O) groups is 2. The van der Waals surface area contributed by atoms with Crippen molar-refractivity contribution in [2.24, 2.45) is 0 Å². The molecular formula is C27H34BrN3O3S. The van der Waals surface area contributed by atoms with Gasteiger partial charge in [-0.25, -0.2) is 0 Å². The molecular weight excluding hydrogens is 526 g/mol. The Kier molecular flexibility index (Phi) is 10.7. The Morgan fingerprint density at radius 1 is 1.17 bits per heavy atom. The Morgan fingerprint density at radius 2 is 1.94 bits per heavy atom. The van der Waals surface area contributed by atoms with Crippen molar-refractivity contribution in [1.82, 2.24) is 10.2 Å². The zero-order valence-electron chi connectivity index (χ0n) is 20.7. The number of nitrogens with one attached hydrogen (secondary N) is 1. The van der Waals surface area contributed by atoms with E-state index >= 15 is 0 Å². The van der Waals surface area contributed by atoms with Crippen LogP contribution in [0.2, 0.25) is 0 Å². The number of thioether (sulfide) groups is 1. The fraction of sp³-hybridized carbons (Fsp3) is 0.407. The first-order valence-electron chi connectivity index (χ1n) is 12.1. The van der Waals surface area contributed by atoms with Gasteiger partial charge in [0.05, 0.1) is 22.2 Å². The van der Waals surface area contributed by atoms with Gasteiger partial charge in [-0.1, -0.05) is 50.2 Å². The lowest BCUT2D eigenvalue weighted by atomic mass is 10.2. The summed E-state index contributed by atoms with van der Waals surface area (Å²) in [5, 5.41) is 3.00. The normalized spacial score (nSPS) is 14.4. The predicted molar refractivity (Wildman–Crippen MR) is 148 cm³/mol. The number of rotatable bonds is 12. The number of fused-ring (bicyclic) bond motifs is 1. The lowest BCUT2D eigenvalue weighted by Gasteiger charge is -2.30. The quantitative estimate of drug-likeness (QED) is 0.272. The van der Waals surface area contributed by atoms with Gasteiger partial charge in [0, 0.05) is 11.4 Å². The number of anilines is 1. The molecule has 0 spiro atoms. The van der Waals surface area contributed by atoms with Crippen molar-refractivity contribution in [3.05, 3.63) is 57.4 Å². The van der Waals surface area contributed by atoms with Crippen LogP contribution in [0.3, 0.4) is 0 Å². The van der Waals surface area contributed by atoms with Crippen molar-refractivity contribution < 1.29 is 14.3 Å². The SMILES string of the molecule is CCCCN(CC)CCCNC(=O)CN1C(=O)/C(=C\c2ccc(OC)c(Br)c2)Sc2ccccc21. The molecule has 1 N–H and O–H groups in total. The third kappa shape index (κ3) is 7.59. The fourth-order valence-electron chi connectivity index (χ4n) is 3.88. The van der Waals surface area contributed by atoms with E-state index in [0.29, 0.717) is 11.4 Å². The average molecular weight is 561 g/mol. The van der Waals surface area contributed by atoms with E-state index in [9.17, 15) is 9.59 Å². The molecule has 1 heterocycles. The van der Waals surface area contributed by atoms with Gasteiger partial charge in [0.15, 0.2) is 0 Å². The smallest absolute Gasteiger partial charge is 0.265 e. The van der Waals surface area contributed by atoms with Crippen molar-refractivity contribution in [2.45, 2.75) is 38.0 Å². The molecule has 0 unspecified atom stereocenters. The molecule has 1 aliphatic heterocycles. The summed E-state index contributed by atoms with van der Waals surface area (Å²) in [5.74, 6) is 0.404. The first-order chi connectivity index (χ1) is 17.0. The molecule has 1 aliphatic rings. The number of benzene rings is 2. The molecule has 6 nitrogen and oxygen atoms in total. The van der Waals surface area contributed by atoms with Gasteiger partial charge in [-0.3, -0.25) is 14.5 Å². The molecule has 2 amide bonds. The van der Waals surface area contributed by atoms with Crippen LogP contribution in [0.5, 0.6) is 5.75 Å². The van der Waals surface area contributed by atoms with Crippen LogP contribution in [-0.4, -0.2) is 56.5 Å². The summed E-state index contributed by atoms with van der Waals surface area (Å²) in [6.45, 7) is 8.03. The van der Waals surface area contributed by atoms with Gasteiger partial charge in [-0.15, -0.1) is 0 Å². The number of halogens is 1. The van der Waals surface area contributed by atoms with Crippen LogP contribution < -0.4 is 15.0 Å². The molecule has 0 aliphatic carbocycles. The molecule has 2 aromatic rings. The minimum atomic E-state index is -0.174.